The third kappa shape index (κ3) is 3.16. The van der Waals surface area contributed by atoms with E-state index in [1.807, 2.05) is 0 Å². The van der Waals surface area contributed by atoms with E-state index in [4.69, 9.17) is 5.14 Å². The van der Waals surface area contributed by atoms with E-state index in [1.165, 1.54) is 12.3 Å². The van der Waals surface area contributed by atoms with E-state index in [2.05, 4.69) is 18.8 Å². The lowest BCUT2D eigenvalue weighted by molar-refractivity contribution is 0.0578. The molecule has 3 N–H and O–H groups in total. The molecule has 0 bridgehead atoms. The molecule has 1 aromatic rings. The maximum absolute atomic E-state index is 12.3. The van der Waals surface area contributed by atoms with Crippen LogP contribution in [0.1, 0.15) is 37.2 Å². The first-order chi connectivity index (χ1) is 8.69. The third-order valence-electron chi connectivity index (χ3n) is 3.40. The van der Waals surface area contributed by atoms with Crippen LogP contribution < -0.4 is 5.14 Å². The lowest BCUT2D eigenvalue weighted by atomic mass is 9.84. The summed E-state index contributed by atoms with van der Waals surface area (Å²) in [5.74, 6) is -0.178. The van der Waals surface area contributed by atoms with Gasteiger partial charge in [0.15, 0.2) is 0 Å². The summed E-state index contributed by atoms with van der Waals surface area (Å²) in [6, 6.07) is 1.29. The molecule has 2 rings (SSSR count). The number of H-pyrrole nitrogens is 1. The van der Waals surface area contributed by atoms with Gasteiger partial charge in [0.05, 0.1) is 4.90 Å². The highest BCUT2D eigenvalue weighted by Crippen LogP contribution is 2.29. The standard InChI is InChI=1S/C12H19N3O3S/c1-12(2)4-3-5-15(8-12)11(16)10-6-9(7-14-10)19(13,17)18/h6-7,14H,3-5,8H2,1-2H3,(H2,13,17,18). The minimum atomic E-state index is -3.77. The molecule has 1 aliphatic heterocycles. The van der Waals surface area contributed by atoms with E-state index in [1.54, 1.807) is 4.90 Å². The second-order valence-corrected chi connectivity index (χ2v) is 7.35. The number of piperidine rings is 1. The second-order valence-electron chi connectivity index (χ2n) is 5.79. The van der Waals surface area contributed by atoms with Gasteiger partial charge in [-0.2, -0.15) is 0 Å². The Morgan fingerprint density at radius 2 is 2.16 bits per heavy atom. The first-order valence-electron chi connectivity index (χ1n) is 6.20. The molecule has 6 nitrogen and oxygen atoms in total. The molecule has 7 heteroatoms. The number of rotatable bonds is 2. The Bertz CT molecular complexity index is 589. The van der Waals surface area contributed by atoms with Crippen molar-refractivity contribution in [2.45, 2.75) is 31.6 Å². The summed E-state index contributed by atoms with van der Waals surface area (Å²) in [6.45, 7) is 5.62. The summed E-state index contributed by atoms with van der Waals surface area (Å²) in [4.78, 5) is 16.7. The van der Waals surface area contributed by atoms with Crippen molar-refractivity contribution in [3.8, 4) is 0 Å². The Hall–Kier alpha value is -1.34. The lowest BCUT2D eigenvalue weighted by Gasteiger charge is -2.37. The number of primary sulfonamides is 1. The highest BCUT2D eigenvalue weighted by atomic mass is 32.2. The monoisotopic (exact) mass is 285 g/mol. The number of hydrogen-bond acceptors (Lipinski definition) is 3. The third-order valence-corrected chi connectivity index (χ3v) is 4.30. The molecular formula is C12H19N3O3S. The van der Waals surface area contributed by atoms with Gasteiger partial charge in [0, 0.05) is 19.3 Å². The van der Waals surface area contributed by atoms with Crippen LogP contribution >= 0.6 is 0 Å². The van der Waals surface area contributed by atoms with Gasteiger partial charge in [0.1, 0.15) is 5.69 Å². The number of hydrogen-bond donors (Lipinski definition) is 2. The molecule has 1 fully saturated rings. The molecule has 106 valence electrons. The Morgan fingerprint density at radius 1 is 1.47 bits per heavy atom. The van der Waals surface area contributed by atoms with Gasteiger partial charge in [0.25, 0.3) is 5.91 Å². The van der Waals surface area contributed by atoms with Crippen LogP contribution in [0.5, 0.6) is 0 Å². The van der Waals surface area contributed by atoms with Crippen molar-refractivity contribution in [1.82, 2.24) is 9.88 Å². The molecule has 0 spiro atoms. The topological polar surface area (TPSA) is 96.3 Å². The minimum absolute atomic E-state index is 0.0629. The predicted octanol–water partition coefficient (Wildman–Crippen LogP) is 0.924. The summed E-state index contributed by atoms with van der Waals surface area (Å²) < 4.78 is 22.4. The molecule has 0 unspecified atom stereocenters. The van der Waals surface area contributed by atoms with Crippen molar-refractivity contribution < 1.29 is 13.2 Å². The zero-order valence-electron chi connectivity index (χ0n) is 11.1. The van der Waals surface area contributed by atoms with Crippen LogP contribution in [0.2, 0.25) is 0 Å². The summed E-state index contributed by atoms with van der Waals surface area (Å²) in [7, 11) is -3.77. The number of aromatic nitrogens is 1. The van der Waals surface area contributed by atoms with Crippen LogP contribution in [-0.4, -0.2) is 37.3 Å². The molecule has 2 heterocycles. The lowest BCUT2D eigenvalue weighted by Crippen LogP contribution is -2.43. The van der Waals surface area contributed by atoms with E-state index in [-0.39, 0.29) is 21.9 Å². The van der Waals surface area contributed by atoms with Gasteiger partial charge in [-0.1, -0.05) is 13.8 Å². The number of nitrogens with one attached hydrogen (secondary N) is 1. The van der Waals surface area contributed by atoms with Crippen LogP contribution in [0.25, 0.3) is 0 Å². The quantitative estimate of drug-likeness (QED) is 0.845. The average molecular weight is 285 g/mol. The van der Waals surface area contributed by atoms with Crippen LogP contribution in [-0.2, 0) is 10.0 Å². The summed E-state index contributed by atoms with van der Waals surface area (Å²) in [5.41, 5.74) is 0.366. The summed E-state index contributed by atoms with van der Waals surface area (Å²) in [5, 5.41) is 5.02. The van der Waals surface area contributed by atoms with Crippen molar-refractivity contribution in [1.29, 1.82) is 0 Å². The molecule has 0 aromatic carbocycles. The predicted molar refractivity (Wildman–Crippen MR) is 71.1 cm³/mol. The SMILES string of the molecule is CC1(C)CCCN(C(=O)c2cc(S(N)(=O)=O)c[nH]2)C1. The van der Waals surface area contributed by atoms with Gasteiger partial charge in [-0.25, -0.2) is 13.6 Å². The van der Waals surface area contributed by atoms with E-state index in [9.17, 15) is 13.2 Å². The molecule has 19 heavy (non-hydrogen) atoms. The van der Waals surface area contributed by atoms with E-state index in [0.29, 0.717) is 13.1 Å². The van der Waals surface area contributed by atoms with Crippen molar-refractivity contribution in [2.75, 3.05) is 13.1 Å². The molecule has 0 atom stereocenters. The molecule has 0 aliphatic carbocycles. The van der Waals surface area contributed by atoms with E-state index < -0.39 is 10.0 Å². The highest BCUT2D eigenvalue weighted by molar-refractivity contribution is 7.89. The maximum Gasteiger partial charge on any atom is 0.270 e. The number of carbonyl (C=O) groups is 1. The van der Waals surface area contributed by atoms with E-state index in [0.717, 1.165) is 12.8 Å². The highest BCUT2D eigenvalue weighted by Gasteiger charge is 2.30. The molecule has 0 saturated carbocycles. The van der Waals surface area contributed by atoms with Gasteiger partial charge in [-0.05, 0) is 24.3 Å². The number of nitrogens with two attached hydrogens (primary N) is 1. The van der Waals surface area contributed by atoms with Crippen LogP contribution in [0.3, 0.4) is 0 Å². The second kappa shape index (κ2) is 4.64. The van der Waals surface area contributed by atoms with Gasteiger partial charge in [0.2, 0.25) is 10.0 Å². The summed E-state index contributed by atoms with van der Waals surface area (Å²) >= 11 is 0. The number of aromatic amines is 1. The first-order valence-corrected chi connectivity index (χ1v) is 7.74. The minimum Gasteiger partial charge on any atom is -0.356 e. The van der Waals surface area contributed by atoms with Crippen molar-refractivity contribution >= 4 is 15.9 Å². The normalized spacial score (nSPS) is 19.4. The number of sulfonamides is 1. The number of nitrogens with zero attached hydrogens (tertiary/aromatic N) is 1. The van der Waals surface area contributed by atoms with Gasteiger partial charge in [-0.15, -0.1) is 0 Å². The smallest absolute Gasteiger partial charge is 0.270 e. The zero-order valence-corrected chi connectivity index (χ0v) is 12.0. The fourth-order valence-electron chi connectivity index (χ4n) is 2.43. The number of amides is 1. The van der Waals surface area contributed by atoms with Crippen molar-refractivity contribution in [2.24, 2.45) is 10.6 Å². The molecule has 1 aliphatic rings. The largest absolute Gasteiger partial charge is 0.356 e. The average Bonchev–Trinajstić information content (AvgIpc) is 2.75. The first kappa shape index (κ1) is 14.1. The Labute approximate surface area is 113 Å². The molecule has 1 aromatic heterocycles. The van der Waals surface area contributed by atoms with E-state index >= 15 is 0 Å². The Kier molecular flexibility index (Phi) is 3.44. The van der Waals surface area contributed by atoms with Crippen LogP contribution in [0.15, 0.2) is 17.2 Å². The van der Waals surface area contributed by atoms with Crippen LogP contribution in [0, 0.1) is 5.41 Å². The van der Waals surface area contributed by atoms with Gasteiger partial charge >= 0.3 is 0 Å². The molecular weight excluding hydrogens is 266 g/mol. The van der Waals surface area contributed by atoms with Crippen molar-refractivity contribution in [3.05, 3.63) is 18.0 Å². The molecule has 1 saturated heterocycles. The van der Waals surface area contributed by atoms with Crippen molar-refractivity contribution in [3.63, 3.8) is 0 Å². The van der Waals surface area contributed by atoms with Crippen LogP contribution in [0.4, 0.5) is 0 Å². The molecule has 0 radical (unpaired) electrons. The fourth-order valence-corrected chi connectivity index (χ4v) is 2.93. The van der Waals surface area contributed by atoms with Gasteiger partial charge < -0.3 is 9.88 Å². The number of carbonyl (C=O) groups excluding carboxylic acids is 1. The maximum atomic E-state index is 12.3. The van der Waals surface area contributed by atoms with Gasteiger partial charge in [-0.3, -0.25) is 4.79 Å². The Balaban J connectivity index is 2.18. The fraction of sp³-hybridized carbons (Fsp3) is 0.583. The molecule has 1 amide bonds. The number of likely N-dealkylation sites (tertiary alicyclic amines) is 1. The zero-order chi connectivity index (χ0) is 14.3. The Morgan fingerprint density at radius 3 is 2.68 bits per heavy atom. The summed E-state index contributed by atoms with van der Waals surface area (Å²) in [6.07, 6.45) is 3.29.